The van der Waals surface area contributed by atoms with E-state index in [1.165, 1.54) is 10.9 Å². The van der Waals surface area contributed by atoms with E-state index >= 15 is 0 Å². The molecular formula is C18H11ClF2N4O2. The third-order valence-electron chi connectivity index (χ3n) is 3.82. The van der Waals surface area contributed by atoms with E-state index in [0.717, 1.165) is 12.1 Å². The van der Waals surface area contributed by atoms with Gasteiger partial charge in [0, 0.05) is 17.8 Å². The molecule has 0 radical (unpaired) electrons. The summed E-state index contributed by atoms with van der Waals surface area (Å²) in [6.07, 6.45) is 1.44. The molecule has 0 aliphatic carbocycles. The molecule has 0 bridgehead atoms. The molecule has 0 unspecified atom stereocenters. The van der Waals surface area contributed by atoms with Crippen LogP contribution in [0.1, 0.15) is 0 Å². The van der Waals surface area contributed by atoms with Crippen LogP contribution in [0.15, 0.2) is 48.7 Å². The van der Waals surface area contributed by atoms with E-state index in [9.17, 15) is 13.9 Å². The van der Waals surface area contributed by atoms with Gasteiger partial charge in [-0.05, 0) is 18.2 Å². The van der Waals surface area contributed by atoms with E-state index in [0.29, 0.717) is 27.7 Å². The summed E-state index contributed by atoms with van der Waals surface area (Å²) in [5, 5.41) is 14.9. The molecular weight excluding hydrogens is 378 g/mol. The topological polar surface area (TPSA) is 73.1 Å². The fourth-order valence-corrected chi connectivity index (χ4v) is 2.82. The summed E-state index contributed by atoms with van der Waals surface area (Å²) in [6, 6.07) is 9.81. The van der Waals surface area contributed by atoms with Gasteiger partial charge in [0.2, 0.25) is 0 Å². The van der Waals surface area contributed by atoms with Gasteiger partial charge in [-0.2, -0.15) is 10.1 Å². The molecule has 0 amide bonds. The van der Waals surface area contributed by atoms with Gasteiger partial charge in [0.1, 0.15) is 18.2 Å². The number of halogens is 3. The molecule has 4 rings (SSSR count). The molecule has 1 N–H and O–H groups in total. The highest BCUT2D eigenvalue weighted by Gasteiger charge is 2.18. The molecule has 27 heavy (non-hydrogen) atoms. The second-order valence-corrected chi connectivity index (χ2v) is 5.94. The number of aromatic nitrogens is 4. The number of aliphatic hydroxyl groups is 1. The zero-order chi connectivity index (χ0) is 19.0. The fraction of sp³-hybridized carbons (Fsp3) is 0.0556. The van der Waals surface area contributed by atoms with Crippen molar-refractivity contribution in [1.82, 2.24) is 19.7 Å². The van der Waals surface area contributed by atoms with E-state index in [1.807, 2.05) is 0 Å². The highest BCUT2D eigenvalue weighted by molar-refractivity contribution is 6.33. The van der Waals surface area contributed by atoms with E-state index < -0.39 is 18.4 Å². The maximum atomic E-state index is 13.8. The molecule has 2 heterocycles. The summed E-state index contributed by atoms with van der Waals surface area (Å²) in [4.78, 5) is 8.24. The van der Waals surface area contributed by atoms with Crippen LogP contribution in [0.3, 0.4) is 0 Å². The SMILES string of the molecule is OCn1nc(-c2ccccc2Cl)c2cnc(Oc3ccc(F)cc3F)nc21. The molecule has 0 saturated carbocycles. The fourth-order valence-electron chi connectivity index (χ4n) is 2.60. The maximum absolute atomic E-state index is 13.8. The highest BCUT2D eigenvalue weighted by Crippen LogP contribution is 2.33. The minimum atomic E-state index is -0.883. The van der Waals surface area contributed by atoms with Crippen LogP contribution in [-0.2, 0) is 6.73 Å². The minimum absolute atomic E-state index is 0.173. The molecule has 4 aromatic rings. The molecule has 0 saturated heterocycles. The first kappa shape index (κ1) is 17.3. The Morgan fingerprint density at radius 3 is 2.70 bits per heavy atom. The Balaban J connectivity index is 1.80. The van der Waals surface area contributed by atoms with Gasteiger partial charge in [0.25, 0.3) is 0 Å². The average Bonchev–Trinajstić information content (AvgIpc) is 3.02. The maximum Gasteiger partial charge on any atom is 0.324 e. The van der Waals surface area contributed by atoms with Gasteiger partial charge < -0.3 is 9.84 Å². The van der Waals surface area contributed by atoms with Crippen molar-refractivity contribution < 1.29 is 18.6 Å². The van der Waals surface area contributed by atoms with Crippen molar-refractivity contribution in [1.29, 1.82) is 0 Å². The van der Waals surface area contributed by atoms with E-state index in [2.05, 4.69) is 15.1 Å². The van der Waals surface area contributed by atoms with Crippen LogP contribution in [-0.4, -0.2) is 24.9 Å². The Hall–Kier alpha value is -3.10. The van der Waals surface area contributed by atoms with Crippen molar-refractivity contribution in [2.45, 2.75) is 6.73 Å². The number of benzene rings is 2. The molecule has 6 nitrogen and oxygen atoms in total. The quantitative estimate of drug-likeness (QED) is 0.568. The number of aliphatic hydroxyl groups excluding tert-OH is 1. The Morgan fingerprint density at radius 1 is 1.15 bits per heavy atom. The van der Waals surface area contributed by atoms with Crippen LogP contribution >= 0.6 is 11.6 Å². The molecule has 0 atom stereocenters. The first-order valence-electron chi connectivity index (χ1n) is 7.79. The van der Waals surface area contributed by atoms with Crippen molar-refractivity contribution in [3.05, 3.63) is 65.3 Å². The third kappa shape index (κ3) is 3.20. The predicted octanol–water partition coefficient (Wildman–Crippen LogP) is 4.17. The largest absolute Gasteiger partial charge is 0.421 e. The minimum Gasteiger partial charge on any atom is -0.421 e. The third-order valence-corrected chi connectivity index (χ3v) is 4.15. The summed E-state index contributed by atoms with van der Waals surface area (Å²) in [5.74, 6) is -1.83. The van der Waals surface area contributed by atoms with Gasteiger partial charge in [0.05, 0.1) is 10.4 Å². The number of ether oxygens (including phenoxy) is 1. The highest BCUT2D eigenvalue weighted by atomic mass is 35.5. The van der Waals surface area contributed by atoms with Crippen LogP contribution in [0.4, 0.5) is 8.78 Å². The smallest absolute Gasteiger partial charge is 0.324 e. The van der Waals surface area contributed by atoms with Crippen molar-refractivity contribution >= 4 is 22.6 Å². The summed E-state index contributed by atoms with van der Waals surface area (Å²) >= 11 is 6.23. The first-order valence-corrected chi connectivity index (χ1v) is 8.17. The lowest BCUT2D eigenvalue weighted by Gasteiger charge is -2.05. The average molecular weight is 389 g/mol. The predicted molar refractivity (Wildman–Crippen MR) is 94.4 cm³/mol. The van der Waals surface area contributed by atoms with Crippen LogP contribution in [0, 0.1) is 11.6 Å². The molecule has 9 heteroatoms. The molecule has 136 valence electrons. The number of hydrogen-bond acceptors (Lipinski definition) is 5. The van der Waals surface area contributed by atoms with Crippen molar-refractivity contribution in [2.75, 3.05) is 0 Å². The zero-order valence-electron chi connectivity index (χ0n) is 13.6. The first-order chi connectivity index (χ1) is 13.1. The molecule has 0 aliphatic heterocycles. The summed E-state index contributed by atoms with van der Waals surface area (Å²) in [7, 11) is 0. The number of hydrogen-bond donors (Lipinski definition) is 1. The standard InChI is InChI=1S/C18H11ClF2N4O2/c19-13-4-2-1-3-11(13)16-12-8-22-18(23-17(12)25(9-26)24-16)27-15-6-5-10(20)7-14(15)21/h1-8,26H,9H2. The summed E-state index contributed by atoms with van der Waals surface area (Å²) in [5.41, 5.74) is 1.42. The summed E-state index contributed by atoms with van der Waals surface area (Å²) in [6.45, 7) is -0.442. The van der Waals surface area contributed by atoms with E-state index in [1.54, 1.807) is 24.3 Å². The second-order valence-electron chi connectivity index (χ2n) is 5.54. The van der Waals surface area contributed by atoms with Crippen molar-refractivity contribution in [3.8, 4) is 23.0 Å². The lowest BCUT2D eigenvalue weighted by Crippen LogP contribution is -2.01. The molecule has 0 spiro atoms. The van der Waals surface area contributed by atoms with Gasteiger partial charge in [-0.25, -0.2) is 18.4 Å². The molecule has 0 aliphatic rings. The second kappa shape index (κ2) is 6.90. The number of nitrogens with zero attached hydrogens (tertiary/aromatic N) is 4. The monoisotopic (exact) mass is 388 g/mol. The van der Waals surface area contributed by atoms with Crippen molar-refractivity contribution in [2.24, 2.45) is 0 Å². The van der Waals surface area contributed by atoms with Crippen LogP contribution in [0.5, 0.6) is 11.8 Å². The normalized spacial score (nSPS) is 11.1. The van der Waals surface area contributed by atoms with Crippen molar-refractivity contribution in [3.63, 3.8) is 0 Å². The lowest BCUT2D eigenvalue weighted by atomic mass is 10.1. The lowest BCUT2D eigenvalue weighted by molar-refractivity contribution is 0.200. The van der Waals surface area contributed by atoms with E-state index in [4.69, 9.17) is 16.3 Å². The van der Waals surface area contributed by atoms with Gasteiger partial charge in [-0.3, -0.25) is 0 Å². The zero-order valence-corrected chi connectivity index (χ0v) is 14.4. The van der Waals surface area contributed by atoms with Gasteiger partial charge >= 0.3 is 6.01 Å². The van der Waals surface area contributed by atoms with Gasteiger partial charge in [0.15, 0.2) is 17.2 Å². The van der Waals surface area contributed by atoms with Crippen LogP contribution in [0.25, 0.3) is 22.3 Å². The Morgan fingerprint density at radius 2 is 1.96 bits per heavy atom. The number of rotatable bonds is 4. The van der Waals surface area contributed by atoms with Crippen LogP contribution in [0.2, 0.25) is 5.02 Å². The van der Waals surface area contributed by atoms with Gasteiger partial charge in [-0.1, -0.05) is 29.8 Å². The Bertz CT molecular complexity index is 1150. The van der Waals surface area contributed by atoms with Crippen LogP contribution < -0.4 is 4.74 Å². The van der Waals surface area contributed by atoms with E-state index in [-0.39, 0.29) is 17.4 Å². The molecule has 0 fully saturated rings. The summed E-state index contributed by atoms with van der Waals surface area (Å²) < 4.78 is 33.3. The molecule has 2 aromatic carbocycles. The van der Waals surface area contributed by atoms with Gasteiger partial charge in [-0.15, -0.1) is 0 Å². The Kier molecular flexibility index (Phi) is 4.43. The molecule has 2 aromatic heterocycles. The Labute approximate surface area is 156 Å². The number of fused-ring (bicyclic) bond motifs is 1.